The van der Waals surface area contributed by atoms with Gasteiger partial charge >= 0.3 is 0 Å². The van der Waals surface area contributed by atoms with Crippen molar-refractivity contribution in [3.8, 4) is 0 Å². The molecule has 9 heteroatoms. The summed E-state index contributed by atoms with van der Waals surface area (Å²) in [4.78, 5) is 0. The molecule has 32 heavy (non-hydrogen) atoms. The average Bonchev–Trinajstić information content (AvgIpc) is 2.73. The van der Waals surface area contributed by atoms with Crippen molar-refractivity contribution in [2.75, 3.05) is 18.8 Å². The van der Waals surface area contributed by atoms with Crippen LogP contribution in [0, 0.1) is 11.8 Å². The van der Waals surface area contributed by atoms with E-state index in [1.165, 1.54) is 6.08 Å². The molecule has 1 fully saturated rings. The molecule has 0 spiro atoms. The van der Waals surface area contributed by atoms with Crippen LogP contribution in [-0.2, 0) is 32.1 Å². The van der Waals surface area contributed by atoms with Gasteiger partial charge in [0, 0.05) is 13.1 Å². The van der Waals surface area contributed by atoms with Gasteiger partial charge in [-0.15, -0.1) is 6.58 Å². The minimum atomic E-state index is -3.31. The first-order valence-corrected chi connectivity index (χ1v) is 14.5. The largest absolute Gasteiger partial charge is 0.385 e. The summed E-state index contributed by atoms with van der Waals surface area (Å²) >= 11 is 0. The average molecular weight is 487 g/mol. The van der Waals surface area contributed by atoms with Crippen LogP contribution in [0.3, 0.4) is 0 Å². The molecule has 0 bridgehead atoms. The lowest BCUT2D eigenvalue weighted by atomic mass is 9.71. The summed E-state index contributed by atoms with van der Waals surface area (Å²) in [5.41, 5.74) is 0.996. The lowest BCUT2D eigenvalue weighted by Gasteiger charge is -2.38. The van der Waals surface area contributed by atoms with Crippen LogP contribution in [0.15, 0.2) is 36.9 Å². The van der Waals surface area contributed by atoms with E-state index in [-0.39, 0.29) is 11.7 Å². The minimum Gasteiger partial charge on any atom is -0.385 e. The third-order valence-electron chi connectivity index (χ3n) is 6.45. The van der Waals surface area contributed by atoms with Crippen LogP contribution in [-0.4, -0.2) is 46.0 Å². The molecule has 2 rings (SSSR count). The monoisotopic (exact) mass is 486 g/mol. The summed E-state index contributed by atoms with van der Waals surface area (Å²) in [7, 11) is -6.57. The molecule has 1 aliphatic carbocycles. The van der Waals surface area contributed by atoms with Gasteiger partial charge in [-0.1, -0.05) is 37.3 Å². The van der Waals surface area contributed by atoms with Gasteiger partial charge in [-0.25, -0.2) is 26.3 Å². The lowest BCUT2D eigenvalue weighted by molar-refractivity contribution is -0.0207. The van der Waals surface area contributed by atoms with Crippen molar-refractivity contribution in [1.82, 2.24) is 9.44 Å². The number of hydrogen-bond donors (Lipinski definition) is 3. The SMILES string of the molecule is C=CCS(=O)(=O)NCCc1ccc(C2(O)CCC(C(C)CNS(=O)(=O)C(C)C)CC2)cc1. The maximum atomic E-state index is 12.0. The Balaban J connectivity index is 1.86. The maximum absolute atomic E-state index is 12.0. The first-order chi connectivity index (χ1) is 14.9. The minimum absolute atomic E-state index is 0.0951. The van der Waals surface area contributed by atoms with Gasteiger partial charge in [-0.2, -0.15) is 0 Å². The fourth-order valence-electron chi connectivity index (χ4n) is 4.10. The van der Waals surface area contributed by atoms with Gasteiger partial charge in [0.25, 0.3) is 0 Å². The Morgan fingerprint density at radius 3 is 2.22 bits per heavy atom. The van der Waals surface area contributed by atoms with Gasteiger partial charge in [-0.3, -0.25) is 0 Å². The van der Waals surface area contributed by atoms with Crippen LogP contribution < -0.4 is 9.44 Å². The zero-order chi connectivity index (χ0) is 24.0. The Morgan fingerprint density at radius 1 is 1.09 bits per heavy atom. The van der Waals surface area contributed by atoms with E-state index in [1.54, 1.807) is 13.8 Å². The van der Waals surface area contributed by atoms with E-state index in [1.807, 2.05) is 24.3 Å². The van der Waals surface area contributed by atoms with Crippen LogP contribution in [0.1, 0.15) is 57.6 Å². The third-order valence-corrected chi connectivity index (χ3v) is 9.58. The van der Waals surface area contributed by atoms with Crippen LogP contribution in [0.5, 0.6) is 0 Å². The Kier molecular flexibility index (Phi) is 9.48. The standard InChI is InChI=1S/C23H38N2O5S2/c1-5-16-31(27,28)24-15-12-20-6-8-22(9-7-20)23(26)13-10-21(11-14-23)19(4)17-25-32(29,30)18(2)3/h5-9,18-19,21,24-26H,1,10-17H2,2-4H3. The topological polar surface area (TPSA) is 113 Å². The van der Waals surface area contributed by atoms with Gasteiger partial charge in [0.15, 0.2) is 0 Å². The van der Waals surface area contributed by atoms with Gasteiger partial charge in [0.1, 0.15) is 0 Å². The van der Waals surface area contributed by atoms with E-state index in [4.69, 9.17) is 0 Å². The molecule has 1 saturated carbocycles. The first-order valence-electron chi connectivity index (χ1n) is 11.3. The van der Waals surface area contributed by atoms with Gasteiger partial charge in [0.05, 0.1) is 16.6 Å². The van der Waals surface area contributed by atoms with Crippen LogP contribution in [0.25, 0.3) is 0 Å². The molecule has 0 radical (unpaired) electrons. The maximum Gasteiger partial charge on any atom is 0.215 e. The zero-order valence-corrected chi connectivity index (χ0v) is 21.0. The molecule has 0 aliphatic heterocycles. The predicted molar refractivity (Wildman–Crippen MR) is 129 cm³/mol. The highest BCUT2D eigenvalue weighted by Crippen LogP contribution is 2.41. The van der Waals surface area contributed by atoms with Gasteiger partial charge < -0.3 is 5.11 Å². The quantitative estimate of drug-likeness (QED) is 0.393. The number of nitrogens with one attached hydrogen (secondary N) is 2. The van der Waals surface area contributed by atoms with Gasteiger partial charge in [-0.05, 0) is 68.9 Å². The van der Waals surface area contributed by atoms with Crippen molar-refractivity contribution in [2.24, 2.45) is 11.8 Å². The molecule has 1 aliphatic rings. The summed E-state index contributed by atoms with van der Waals surface area (Å²) < 4.78 is 52.6. The van der Waals surface area contributed by atoms with E-state index in [0.29, 0.717) is 38.3 Å². The number of aliphatic hydroxyl groups is 1. The fraction of sp³-hybridized carbons (Fsp3) is 0.652. The summed E-state index contributed by atoms with van der Waals surface area (Å²) in [5, 5.41) is 10.8. The van der Waals surface area contributed by atoms with Crippen LogP contribution in [0.4, 0.5) is 0 Å². The Bertz CT molecular complexity index is 949. The van der Waals surface area contributed by atoms with Crippen molar-refractivity contribution < 1.29 is 21.9 Å². The number of benzene rings is 1. The molecule has 7 nitrogen and oxygen atoms in total. The lowest BCUT2D eigenvalue weighted by Crippen LogP contribution is -2.38. The Labute approximate surface area is 193 Å². The third kappa shape index (κ3) is 7.66. The molecule has 0 saturated heterocycles. The summed E-state index contributed by atoms with van der Waals surface area (Å²) in [6.07, 6.45) is 4.89. The van der Waals surface area contributed by atoms with E-state index in [0.717, 1.165) is 24.0 Å². The first kappa shape index (κ1) is 27.0. The fourth-order valence-corrected chi connectivity index (χ4v) is 5.77. The van der Waals surface area contributed by atoms with E-state index < -0.39 is 30.9 Å². The van der Waals surface area contributed by atoms with E-state index >= 15 is 0 Å². The molecule has 1 atom stereocenters. The highest BCUT2D eigenvalue weighted by atomic mass is 32.2. The Hall–Kier alpha value is -1.26. The van der Waals surface area contributed by atoms with Crippen LogP contribution >= 0.6 is 0 Å². The second kappa shape index (κ2) is 11.2. The molecule has 3 N–H and O–H groups in total. The summed E-state index contributed by atoms with van der Waals surface area (Å²) in [6, 6.07) is 7.72. The summed E-state index contributed by atoms with van der Waals surface area (Å²) in [6.45, 7) is 9.59. The van der Waals surface area contributed by atoms with Crippen molar-refractivity contribution in [1.29, 1.82) is 0 Å². The van der Waals surface area contributed by atoms with Crippen LogP contribution in [0.2, 0.25) is 0 Å². The number of sulfonamides is 2. The van der Waals surface area contributed by atoms with Crippen molar-refractivity contribution in [3.05, 3.63) is 48.0 Å². The molecular formula is C23H38N2O5S2. The second-order valence-electron chi connectivity index (χ2n) is 9.20. The normalized spacial score (nSPS) is 23.2. The van der Waals surface area contributed by atoms with E-state index in [2.05, 4.69) is 22.9 Å². The molecule has 0 heterocycles. The van der Waals surface area contributed by atoms with E-state index in [9.17, 15) is 21.9 Å². The van der Waals surface area contributed by atoms with Crippen molar-refractivity contribution >= 4 is 20.0 Å². The molecule has 1 aromatic rings. The van der Waals surface area contributed by atoms with Crippen molar-refractivity contribution in [2.45, 2.75) is 63.7 Å². The number of rotatable bonds is 12. The highest BCUT2D eigenvalue weighted by molar-refractivity contribution is 7.90. The van der Waals surface area contributed by atoms with Crippen molar-refractivity contribution in [3.63, 3.8) is 0 Å². The Morgan fingerprint density at radius 2 is 1.69 bits per heavy atom. The van der Waals surface area contributed by atoms with Gasteiger partial charge in [0.2, 0.25) is 20.0 Å². The predicted octanol–water partition coefficient (Wildman–Crippen LogP) is 2.68. The highest BCUT2D eigenvalue weighted by Gasteiger charge is 2.36. The molecule has 1 unspecified atom stereocenters. The number of hydrogen-bond acceptors (Lipinski definition) is 5. The zero-order valence-electron chi connectivity index (χ0n) is 19.4. The molecule has 1 aromatic carbocycles. The second-order valence-corrected chi connectivity index (χ2v) is 13.4. The molecule has 182 valence electrons. The molecular weight excluding hydrogens is 448 g/mol. The molecule has 0 aromatic heterocycles. The molecule has 0 amide bonds. The smallest absolute Gasteiger partial charge is 0.215 e. The summed E-state index contributed by atoms with van der Waals surface area (Å²) in [5.74, 6) is 0.482.